The summed E-state index contributed by atoms with van der Waals surface area (Å²) in [6.07, 6.45) is 1.44. The van der Waals surface area contributed by atoms with Crippen molar-refractivity contribution < 1.29 is 19.1 Å². The number of ether oxygens (including phenoxy) is 1. The van der Waals surface area contributed by atoms with E-state index in [4.69, 9.17) is 4.74 Å². The van der Waals surface area contributed by atoms with Crippen molar-refractivity contribution in [2.24, 2.45) is 0 Å². The number of imide groups is 2. The van der Waals surface area contributed by atoms with Gasteiger partial charge in [0.15, 0.2) is 0 Å². The maximum atomic E-state index is 13.3. The fourth-order valence-electron chi connectivity index (χ4n) is 3.42. The largest absolute Gasteiger partial charge is 0.488 e. The number of carbonyl (C=O) groups is 3. The van der Waals surface area contributed by atoms with Crippen LogP contribution in [0.5, 0.6) is 5.75 Å². The Hall–Kier alpha value is -3.23. The highest BCUT2D eigenvalue weighted by molar-refractivity contribution is 9.10. The Morgan fingerprint density at radius 1 is 0.882 bits per heavy atom. The maximum Gasteiger partial charge on any atom is 0.335 e. The minimum Gasteiger partial charge on any atom is -0.488 e. The second kappa shape index (κ2) is 9.95. The van der Waals surface area contributed by atoms with Crippen LogP contribution >= 0.6 is 31.9 Å². The summed E-state index contributed by atoms with van der Waals surface area (Å²) in [5.41, 5.74) is 3.68. The van der Waals surface area contributed by atoms with Gasteiger partial charge in [0, 0.05) is 14.5 Å². The summed E-state index contributed by atoms with van der Waals surface area (Å²) in [7, 11) is 0. The Morgan fingerprint density at radius 3 is 2.29 bits per heavy atom. The van der Waals surface area contributed by atoms with Crippen LogP contribution in [0.2, 0.25) is 0 Å². The summed E-state index contributed by atoms with van der Waals surface area (Å²) in [4.78, 5) is 39.4. The lowest BCUT2D eigenvalue weighted by Gasteiger charge is -2.27. The second-order valence-electron chi connectivity index (χ2n) is 7.82. The minimum atomic E-state index is -0.781. The summed E-state index contributed by atoms with van der Waals surface area (Å²) in [6.45, 7) is 4.14. The van der Waals surface area contributed by atoms with Crippen molar-refractivity contribution in [3.63, 3.8) is 0 Å². The van der Waals surface area contributed by atoms with Gasteiger partial charge in [-0.3, -0.25) is 14.9 Å². The van der Waals surface area contributed by atoms with Gasteiger partial charge in [-0.15, -0.1) is 0 Å². The first-order valence-electron chi connectivity index (χ1n) is 10.4. The Kier molecular flexibility index (Phi) is 7.00. The van der Waals surface area contributed by atoms with E-state index in [1.54, 1.807) is 24.3 Å². The molecule has 1 saturated heterocycles. The lowest BCUT2D eigenvalue weighted by atomic mass is 10.0. The van der Waals surface area contributed by atoms with Gasteiger partial charge in [-0.25, -0.2) is 9.69 Å². The number of urea groups is 1. The van der Waals surface area contributed by atoms with E-state index in [0.29, 0.717) is 23.6 Å². The van der Waals surface area contributed by atoms with Gasteiger partial charge in [0.1, 0.15) is 17.9 Å². The first-order valence-corrected chi connectivity index (χ1v) is 12.0. The van der Waals surface area contributed by atoms with Crippen molar-refractivity contribution in [1.82, 2.24) is 5.32 Å². The number of rotatable bonds is 5. The number of hydrogen-bond donors (Lipinski definition) is 1. The SMILES string of the molecule is Cc1ccc(N2C(=O)NC(=O)/C(=C\c3cc(Br)ccc3OCc3ccc(Br)cc3)C2=O)cc1C. The number of hydrogen-bond acceptors (Lipinski definition) is 4. The number of halogens is 2. The van der Waals surface area contributed by atoms with Gasteiger partial charge in [0.05, 0.1) is 5.69 Å². The van der Waals surface area contributed by atoms with Crippen molar-refractivity contribution in [3.8, 4) is 5.75 Å². The number of aryl methyl sites for hydroxylation is 2. The minimum absolute atomic E-state index is 0.163. The third kappa shape index (κ3) is 5.13. The Bertz CT molecular complexity index is 1330. The molecule has 4 amide bonds. The number of barbiturate groups is 1. The molecule has 6 nitrogen and oxygen atoms in total. The second-order valence-corrected chi connectivity index (χ2v) is 9.66. The lowest BCUT2D eigenvalue weighted by molar-refractivity contribution is -0.122. The van der Waals surface area contributed by atoms with E-state index >= 15 is 0 Å². The summed E-state index contributed by atoms with van der Waals surface area (Å²) in [5.74, 6) is -0.960. The first kappa shape index (κ1) is 23.9. The highest BCUT2D eigenvalue weighted by atomic mass is 79.9. The molecule has 3 aromatic rings. The van der Waals surface area contributed by atoms with E-state index in [2.05, 4.69) is 37.2 Å². The van der Waals surface area contributed by atoms with Crippen molar-refractivity contribution in [2.75, 3.05) is 4.90 Å². The fourth-order valence-corrected chi connectivity index (χ4v) is 4.06. The van der Waals surface area contributed by atoms with Crippen LogP contribution in [0, 0.1) is 13.8 Å². The van der Waals surface area contributed by atoms with Gasteiger partial charge >= 0.3 is 6.03 Å². The lowest BCUT2D eigenvalue weighted by Crippen LogP contribution is -2.54. The summed E-state index contributed by atoms with van der Waals surface area (Å²) in [5, 5.41) is 2.26. The quantitative estimate of drug-likeness (QED) is 0.292. The van der Waals surface area contributed by atoms with E-state index in [9.17, 15) is 14.4 Å². The number of amides is 4. The van der Waals surface area contributed by atoms with Crippen LogP contribution in [0.4, 0.5) is 10.5 Å². The molecule has 0 unspecified atom stereocenters. The van der Waals surface area contributed by atoms with Crippen molar-refractivity contribution in [3.05, 3.63) is 97.4 Å². The molecule has 1 heterocycles. The Morgan fingerprint density at radius 2 is 1.59 bits per heavy atom. The van der Waals surface area contributed by atoms with Gasteiger partial charge in [-0.05, 0) is 79.1 Å². The number of nitrogens with zero attached hydrogens (tertiary/aromatic N) is 1. The molecule has 0 bridgehead atoms. The molecule has 1 N–H and O–H groups in total. The Labute approximate surface area is 213 Å². The van der Waals surface area contributed by atoms with Crippen molar-refractivity contribution in [1.29, 1.82) is 0 Å². The molecule has 0 saturated carbocycles. The zero-order chi connectivity index (χ0) is 24.4. The van der Waals surface area contributed by atoms with E-state index < -0.39 is 17.8 Å². The molecule has 3 aromatic carbocycles. The Balaban J connectivity index is 1.67. The fraction of sp³-hybridized carbons (Fsp3) is 0.115. The van der Waals surface area contributed by atoms with Crippen LogP contribution < -0.4 is 15.0 Å². The number of nitrogens with one attached hydrogen (secondary N) is 1. The predicted octanol–water partition coefficient (Wildman–Crippen LogP) is 6.07. The smallest absolute Gasteiger partial charge is 0.335 e. The van der Waals surface area contributed by atoms with Crippen LogP contribution in [0.1, 0.15) is 22.3 Å². The highest BCUT2D eigenvalue weighted by Gasteiger charge is 2.37. The van der Waals surface area contributed by atoms with Crippen LogP contribution in [-0.4, -0.2) is 17.8 Å². The molecule has 8 heteroatoms. The highest BCUT2D eigenvalue weighted by Crippen LogP contribution is 2.29. The normalized spacial score (nSPS) is 15.0. The van der Waals surface area contributed by atoms with E-state index in [-0.39, 0.29) is 5.57 Å². The zero-order valence-electron chi connectivity index (χ0n) is 18.4. The maximum absolute atomic E-state index is 13.3. The third-order valence-corrected chi connectivity index (χ3v) is 6.45. The van der Waals surface area contributed by atoms with E-state index in [1.165, 1.54) is 6.08 Å². The monoisotopic (exact) mass is 582 g/mol. The van der Waals surface area contributed by atoms with Crippen LogP contribution in [0.15, 0.2) is 75.2 Å². The predicted molar refractivity (Wildman–Crippen MR) is 138 cm³/mol. The third-order valence-electron chi connectivity index (χ3n) is 5.43. The molecule has 1 fully saturated rings. The summed E-state index contributed by atoms with van der Waals surface area (Å²) >= 11 is 6.84. The molecule has 0 aromatic heterocycles. The number of carbonyl (C=O) groups excluding carboxylic acids is 3. The molecule has 0 spiro atoms. The van der Waals surface area contributed by atoms with Crippen molar-refractivity contribution >= 4 is 61.5 Å². The molecule has 172 valence electrons. The van der Waals surface area contributed by atoms with Gasteiger partial charge < -0.3 is 4.74 Å². The molecule has 1 aliphatic rings. The molecular weight excluding hydrogens is 564 g/mol. The average molecular weight is 584 g/mol. The van der Waals surface area contributed by atoms with Crippen LogP contribution in [0.25, 0.3) is 6.08 Å². The number of benzene rings is 3. The van der Waals surface area contributed by atoms with Crippen molar-refractivity contribution in [2.45, 2.75) is 20.5 Å². The van der Waals surface area contributed by atoms with Gasteiger partial charge in [-0.1, -0.05) is 50.1 Å². The molecule has 0 aliphatic carbocycles. The summed E-state index contributed by atoms with van der Waals surface area (Å²) < 4.78 is 7.71. The molecule has 0 radical (unpaired) electrons. The molecule has 4 rings (SSSR count). The van der Waals surface area contributed by atoms with Gasteiger partial charge in [0.2, 0.25) is 0 Å². The molecular formula is C26H20Br2N2O4. The standard InChI is InChI=1S/C26H20Br2N2O4/c1-15-3-9-21(11-16(15)2)30-25(32)22(24(31)29-26(30)33)13-18-12-20(28)8-10-23(18)34-14-17-4-6-19(27)7-5-17/h3-13H,14H2,1-2H3,(H,29,31,33)/b22-13+. The van der Waals surface area contributed by atoms with Gasteiger partial charge in [0.25, 0.3) is 11.8 Å². The summed E-state index contributed by atoms with van der Waals surface area (Å²) in [6, 6.07) is 17.5. The molecule has 0 atom stereocenters. The number of anilines is 1. The van der Waals surface area contributed by atoms with E-state index in [0.717, 1.165) is 30.5 Å². The first-order chi connectivity index (χ1) is 16.2. The zero-order valence-corrected chi connectivity index (χ0v) is 21.6. The topological polar surface area (TPSA) is 75.7 Å². The van der Waals surface area contributed by atoms with E-state index in [1.807, 2.05) is 50.2 Å². The van der Waals surface area contributed by atoms with Crippen LogP contribution in [-0.2, 0) is 16.2 Å². The molecule has 34 heavy (non-hydrogen) atoms. The molecule has 1 aliphatic heterocycles. The van der Waals surface area contributed by atoms with Gasteiger partial charge in [-0.2, -0.15) is 0 Å². The van der Waals surface area contributed by atoms with Crippen LogP contribution in [0.3, 0.4) is 0 Å². The average Bonchev–Trinajstić information content (AvgIpc) is 2.79.